The summed E-state index contributed by atoms with van der Waals surface area (Å²) < 4.78 is 0. The maximum atomic E-state index is 12.0. The average Bonchev–Trinajstić information content (AvgIpc) is 2.46. The number of nitrogens with one attached hydrogen (secondary N) is 1. The van der Waals surface area contributed by atoms with Gasteiger partial charge in [0, 0.05) is 14.2 Å². The zero-order valence-corrected chi connectivity index (χ0v) is 12.7. The Kier molecular flexibility index (Phi) is 5.12. The molecule has 0 atom stereocenters. The number of aromatic nitrogens is 1. The Morgan fingerprint density at radius 2 is 2.15 bits per heavy atom. The van der Waals surface area contributed by atoms with Gasteiger partial charge in [-0.3, -0.25) is 9.78 Å². The third kappa shape index (κ3) is 4.04. The van der Waals surface area contributed by atoms with Crippen LogP contribution in [-0.4, -0.2) is 42.5 Å². The lowest BCUT2D eigenvalue weighted by molar-refractivity contribution is 0.0934. The summed E-state index contributed by atoms with van der Waals surface area (Å²) in [7, 11) is 2.15. The maximum Gasteiger partial charge on any atom is 0.269 e. The van der Waals surface area contributed by atoms with Crippen LogP contribution in [0.2, 0.25) is 0 Å². The van der Waals surface area contributed by atoms with Gasteiger partial charge in [-0.15, -0.1) is 0 Å². The molecule has 0 saturated carbocycles. The van der Waals surface area contributed by atoms with Crippen LogP contribution in [0, 0.1) is 5.92 Å². The van der Waals surface area contributed by atoms with E-state index in [1.54, 1.807) is 6.20 Å². The predicted octanol–water partition coefficient (Wildman–Crippen LogP) is 2.52. The van der Waals surface area contributed by atoms with Crippen LogP contribution in [0.3, 0.4) is 0 Å². The molecule has 0 unspecified atom stereocenters. The van der Waals surface area contributed by atoms with E-state index in [0.29, 0.717) is 17.5 Å². The Hall–Kier alpha value is -1.42. The quantitative estimate of drug-likeness (QED) is 0.920. The van der Waals surface area contributed by atoms with E-state index >= 15 is 0 Å². The first kappa shape index (κ1) is 15.0. The van der Waals surface area contributed by atoms with Gasteiger partial charge in [-0.05, 0) is 56.4 Å². The van der Waals surface area contributed by atoms with Crippen molar-refractivity contribution in [3.05, 3.63) is 29.6 Å². The zero-order chi connectivity index (χ0) is 14.5. The van der Waals surface area contributed by atoms with E-state index in [0.717, 1.165) is 38.0 Å². The highest BCUT2D eigenvalue weighted by Crippen LogP contribution is 2.15. The number of likely N-dealkylation sites (tertiary alicyclic amines) is 1. The molecule has 1 saturated heterocycles. The number of rotatable bonds is 4. The van der Waals surface area contributed by atoms with E-state index in [1.165, 1.54) is 0 Å². The van der Waals surface area contributed by atoms with E-state index in [-0.39, 0.29) is 7.33 Å². The summed E-state index contributed by atoms with van der Waals surface area (Å²) in [4.78, 5) is 18.6. The van der Waals surface area contributed by atoms with Crippen LogP contribution >= 0.6 is 0 Å². The van der Waals surface area contributed by atoms with Crippen molar-refractivity contribution in [1.29, 1.82) is 0 Å². The second kappa shape index (κ2) is 6.84. The minimum Gasteiger partial charge on any atom is -0.350 e. The third-order valence-electron chi connectivity index (χ3n) is 4.08. The van der Waals surface area contributed by atoms with Crippen LogP contribution in [0.1, 0.15) is 50.1 Å². The lowest BCUT2D eigenvalue weighted by Crippen LogP contribution is -2.37. The molecule has 1 amide bonds. The number of hydrogen-bond donors (Lipinski definition) is 1. The summed E-state index contributed by atoms with van der Waals surface area (Å²) in [5.74, 6) is 0.989. The Labute approximate surface area is 123 Å². The van der Waals surface area contributed by atoms with Gasteiger partial charge < -0.3 is 10.2 Å². The van der Waals surface area contributed by atoms with E-state index < -0.39 is 0 Å². The number of pyridine rings is 1. The monoisotopic (exact) mass is 277 g/mol. The molecule has 4 nitrogen and oxygen atoms in total. The standard InChI is InChI=1S/C16H25N3O.H2/c1-12(2)14-4-5-15(17-11-14)16(20)18-10-13-6-8-19(3)9-7-13;/h4-5,11-13H,6-10H2,1-3H3,(H,18,20);1H. The molecule has 1 fully saturated rings. The van der Waals surface area contributed by atoms with E-state index in [4.69, 9.17) is 0 Å². The largest absolute Gasteiger partial charge is 0.350 e. The van der Waals surface area contributed by atoms with Gasteiger partial charge in [-0.1, -0.05) is 19.9 Å². The fourth-order valence-electron chi connectivity index (χ4n) is 2.47. The van der Waals surface area contributed by atoms with Crippen LogP contribution < -0.4 is 5.32 Å². The summed E-state index contributed by atoms with van der Waals surface area (Å²) in [5.41, 5.74) is 1.68. The first-order valence-corrected chi connectivity index (χ1v) is 7.49. The topological polar surface area (TPSA) is 45.2 Å². The summed E-state index contributed by atoms with van der Waals surface area (Å²) in [6.07, 6.45) is 4.13. The molecule has 0 aliphatic carbocycles. The molecule has 20 heavy (non-hydrogen) atoms. The number of piperidine rings is 1. The highest BCUT2D eigenvalue weighted by molar-refractivity contribution is 5.92. The van der Waals surface area contributed by atoms with Gasteiger partial charge >= 0.3 is 0 Å². The van der Waals surface area contributed by atoms with Crippen molar-refractivity contribution in [1.82, 2.24) is 15.2 Å². The number of amides is 1. The van der Waals surface area contributed by atoms with Crippen LogP contribution in [0.4, 0.5) is 0 Å². The summed E-state index contributed by atoms with van der Waals surface area (Å²) >= 11 is 0. The van der Waals surface area contributed by atoms with Crippen LogP contribution in [0.5, 0.6) is 0 Å². The van der Waals surface area contributed by atoms with Crippen molar-refractivity contribution >= 4 is 5.91 Å². The first-order chi connectivity index (χ1) is 9.56. The van der Waals surface area contributed by atoms with Crippen molar-refractivity contribution in [2.24, 2.45) is 5.92 Å². The van der Waals surface area contributed by atoms with E-state index in [9.17, 15) is 4.79 Å². The van der Waals surface area contributed by atoms with Crippen molar-refractivity contribution < 1.29 is 6.22 Å². The van der Waals surface area contributed by atoms with Gasteiger partial charge in [-0.2, -0.15) is 0 Å². The van der Waals surface area contributed by atoms with Crippen LogP contribution in [0.15, 0.2) is 18.3 Å². The van der Waals surface area contributed by atoms with Crippen LogP contribution in [-0.2, 0) is 0 Å². The molecule has 4 heteroatoms. The van der Waals surface area contributed by atoms with Crippen molar-refractivity contribution in [3.63, 3.8) is 0 Å². The van der Waals surface area contributed by atoms with Gasteiger partial charge in [-0.25, -0.2) is 0 Å². The van der Waals surface area contributed by atoms with Crippen LogP contribution in [0.25, 0.3) is 0 Å². The van der Waals surface area contributed by atoms with Gasteiger partial charge in [0.2, 0.25) is 0 Å². The second-order valence-corrected chi connectivity index (χ2v) is 6.09. The molecule has 1 aliphatic heterocycles. The number of carbonyl (C=O) groups excluding carboxylic acids is 1. The molecule has 0 radical (unpaired) electrons. The highest BCUT2D eigenvalue weighted by atomic mass is 16.1. The Morgan fingerprint density at radius 3 is 2.70 bits per heavy atom. The average molecular weight is 277 g/mol. The number of nitrogens with zero attached hydrogens (tertiary/aromatic N) is 2. The fourth-order valence-corrected chi connectivity index (χ4v) is 2.47. The normalized spacial score (nSPS) is 17.4. The second-order valence-electron chi connectivity index (χ2n) is 6.09. The number of hydrogen-bond acceptors (Lipinski definition) is 3. The predicted molar refractivity (Wildman–Crippen MR) is 83.0 cm³/mol. The van der Waals surface area contributed by atoms with E-state index in [2.05, 4.69) is 36.1 Å². The minimum absolute atomic E-state index is 0. The Bertz CT molecular complexity index is 439. The molecule has 1 aromatic heterocycles. The molecule has 1 aliphatic rings. The lowest BCUT2D eigenvalue weighted by atomic mass is 9.97. The molecule has 2 heterocycles. The molecular formula is C16H27N3O. The number of carbonyl (C=O) groups is 1. The molecule has 112 valence electrons. The van der Waals surface area contributed by atoms with Gasteiger partial charge in [0.25, 0.3) is 5.91 Å². The summed E-state index contributed by atoms with van der Waals surface area (Å²) in [6, 6.07) is 3.81. The Balaban J connectivity index is 0.00000220. The van der Waals surface area contributed by atoms with Gasteiger partial charge in [0.15, 0.2) is 0 Å². The maximum absolute atomic E-state index is 12.0. The third-order valence-corrected chi connectivity index (χ3v) is 4.08. The molecule has 2 rings (SSSR count). The SMILES string of the molecule is CC(C)c1ccc(C(=O)NCC2CCN(C)CC2)nc1.[HH]. The summed E-state index contributed by atoms with van der Waals surface area (Å²) in [6.45, 7) is 7.26. The smallest absolute Gasteiger partial charge is 0.269 e. The zero-order valence-electron chi connectivity index (χ0n) is 12.7. The molecule has 0 bridgehead atoms. The lowest BCUT2D eigenvalue weighted by Gasteiger charge is -2.28. The van der Waals surface area contributed by atoms with Crippen molar-refractivity contribution in [3.8, 4) is 0 Å². The minimum atomic E-state index is -0.0563. The Morgan fingerprint density at radius 1 is 1.45 bits per heavy atom. The van der Waals surface area contributed by atoms with Gasteiger partial charge in [0.1, 0.15) is 5.69 Å². The summed E-state index contributed by atoms with van der Waals surface area (Å²) in [5, 5.41) is 3.01. The molecule has 1 aromatic rings. The molecular weight excluding hydrogens is 250 g/mol. The molecule has 0 aromatic carbocycles. The molecule has 0 spiro atoms. The fraction of sp³-hybridized carbons (Fsp3) is 0.625. The van der Waals surface area contributed by atoms with Gasteiger partial charge in [0.05, 0.1) is 0 Å². The highest BCUT2D eigenvalue weighted by Gasteiger charge is 2.17. The first-order valence-electron chi connectivity index (χ1n) is 7.49. The van der Waals surface area contributed by atoms with Crippen molar-refractivity contribution in [2.75, 3.05) is 26.7 Å². The molecule has 1 N–H and O–H groups in total. The van der Waals surface area contributed by atoms with Crippen molar-refractivity contribution in [2.45, 2.75) is 32.6 Å². The van der Waals surface area contributed by atoms with E-state index in [1.807, 2.05) is 12.1 Å².